The van der Waals surface area contributed by atoms with Crippen LogP contribution in [0.25, 0.3) is 0 Å². The third-order valence-corrected chi connectivity index (χ3v) is 5.61. The third-order valence-electron chi connectivity index (χ3n) is 5.61. The van der Waals surface area contributed by atoms with Crippen LogP contribution in [0, 0.1) is 0 Å². The quantitative estimate of drug-likeness (QED) is 0.591. The zero-order valence-electron chi connectivity index (χ0n) is 17.8. The number of nitrogens with one attached hydrogen (secondary N) is 3. The van der Waals surface area contributed by atoms with E-state index in [1.165, 1.54) is 0 Å². The molecule has 1 amide bonds. The molecule has 1 saturated heterocycles. The van der Waals surface area contributed by atoms with Crippen molar-refractivity contribution in [2.24, 2.45) is 0 Å². The van der Waals surface area contributed by atoms with Crippen LogP contribution in [0.4, 0.5) is 0 Å². The van der Waals surface area contributed by atoms with E-state index in [2.05, 4.69) is 26.9 Å². The molecule has 7 heteroatoms. The number of amides is 1. The summed E-state index contributed by atoms with van der Waals surface area (Å²) >= 11 is 0. The molecule has 7 nitrogen and oxygen atoms in total. The van der Waals surface area contributed by atoms with Gasteiger partial charge in [-0.1, -0.05) is 42.5 Å². The molecule has 31 heavy (non-hydrogen) atoms. The molecule has 2 aliphatic rings. The summed E-state index contributed by atoms with van der Waals surface area (Å²) in [6.07, 6.45) is 3.36. The summed E-state index contributed by atoms with van der Waals surface area (Å²) in [5, 5.41) is 9.45. The average molecular weight is 423 g/mol. The molecule has 0 radical (unpaired) electrons. The zero-order chi connectivity index (χ0) is 21.5. The van der Waals surface area contributed by atoms with Crippen molar-refractivity contribution in [3.05, 3.63) is 71.8 Å². The molecule has 164 valence electrons. The Morgan fingerprint density at radius 3 is 2.94 bits per heavy atom. The van der Waals surface area contributed by atoms with Gasteiger partial charge in [-0.3, -0.25) is 15.0 Å². The van der Waals surface area contributed by atoms with Gasteiger partial charge in [-0.25, -0.2) is 0 Å². The van der Waals surface area contributed by atoms with E-state index in [0.717, 1.165) is 48.9 Å². The largest absolute Gasteiger partial charge is 0.496 e. The highest BCUT2D eigenvalue weighted by Gasteiger charge is 2.26. The fourth-order valence-corrected chi connectivity index (χ4v) is 3.98. The van der Waals surface area contributed by atoms with Gasteiger partial charge >= 0.3 is 0 Å². The fraction of sp³-hybridized carbons (Fsp3) is 0.375. The number of rotatable bonds is 7. The number of benzene rings is 2. The first-order valence-corrected chi connectivity index (χ1v) is 10.7. The predicted molar refractivity (Wildman–Crippen MR) is 120 cm³/mol. The Kier molecular flexibility index (Phi) is 7.19. The van der Waals surface area contributed by atoms with Crippen LogP contribution in [0.5, 0.6) is 11.5 Å². The number of carbonyl (C=O) groups excluding carboxylic acids is 1. The van der Waals surface area contributed by atoms with Gasteiger partial charge in [0.25, 0.3) is 0 Å². The summed E-state index contributed by atoms with van der Waals surface area (Å²) in [7, 11) is 1.68. The first-order chi connectivity index (χ1) is 15.2. The number of ether oxygens (including phenoxy) is 2. The molecule has 2 aromatic carbocycles. The Morgan fingerprint density at radius 1 is 1.26 bits per heavy atom. The summed E-state index contributed by atoms with van der Waals surface area (Å²) in [5.41, 5.74) is 2.17. The number of methoxy groups -OCH3 is 1. The first kappa shape index (κ1) is 21.4. The maximum atomic E-state index is 12.2. The van der Waals surface area contributed by atoms with Crippen LogP contribution in [0.15, 0.2) is 60.7 Å². The van der Waals surface area contributed by atoms with Gasteiger partial charge in [-0.2, -0.15) is 0 Å². The van der Waals surface area contributed by atoms with Crippen LogP contribution in [0.3, 0.4) is 0 Å². The van der Waals surface area contributed by atoms with Crippen molar-refractivity contribution in [1.82, 2.24) is 20.9 Å². The number of hydrogen-bond acceptors (Lipinski definition) is 6. The van der Waals surface area contributed by atoms with E-state index < -0.39 is 0 Å². The van der Waals surface area contributed by atoms with Gasteiger partial charge in [0.2, 0.25) is 5.91 Å². The van der Waals surface area contributed by atoms with E-state index in [0.29, 0.717) is 13.1 Å². The van der Waals surface area contributed by atoms with Gasteiger partial charge in [0.05, 0.1) is 7.11 Å². The molecule has 0 aliphatic carbocycles. The lowest BCUT2D eigenvalue weighted by atomic mass is 10.1. The van der Waals surface area contributed by atoms with Crippen molar-refractivity contribution in [1.29, 1.82) is 0 Å². The van der Waals surface area contributed by atoms with E-state index in [9.17, 15) is 4.79 Å². The second-order valence-corrected chi connectivity index (χ2v) is 7.78. The van der Waals surface area contributed by atoms with Crippen LogP contribution in [-0.2, 0) is 11.3 Å². The van der Waals surface area contributed by atoms with E-state index in [1.807, 2.05) is 48.5 Å². The minimum Gasteiger partial charge on any atom is -0.496 e. The van der Waals surface area contributed by atoms with Crippen molar-refractivity contribution in [3.8, 4) is 11.5 Å². The van der Waals surface area contributed by atoms with Gasteiger partial charge in [0.15, 0.2) is 0 Å². The number of nitrogens with zero attached hydrogens (tertiary/aromatic N) is 1. The summed E-state index contributed by atoms with van der Waals surface area (Å²) in [4.78, 5) is 14.5. The van der Waals surface area contributed by atoms with Crippen LogP contribution in [0.1, 0.15) is 17.2 Å². The third kappa shape index (κ3) is 5.64. The molecule has 3 N–H and O–H groups in total. The predicted octanol–water partition coefficient (Wildman–Crippen LogP) is 1.82. The molecule has 2 aromatic rings. The molecule has 2 heterocycles. The van der Waals surface area contributed by atoms with Crippen LogP contribution >= 0.6 is 0 Å². The van der Waals surface area contributed by atoms with E-state index in [1.54, 1.807) is 13.2 Å². The highest BCUT2D eigenvalue weighted by atomic mass is 16.5. The number of para-hydroxylation sites is 2. The standard InChI is InChI=1S/C24H30N4O3/c1-30-22-9-5-3-7-20(22)23-16-28(15-18-6-2-4-8-21(18)31-23)13-12-26-24(29)11-10-19-14-25-17-27-19/h2-11,19,23,25,27H,12-17H2,1H3,(H,26,29)/b11-10+. The normalized spacial score (nSPS) is 21.3. The van der Waals surface area contributed by atoms with Gasteiger partial charge in [-0.15, -0.1) is 0 Å². The summed E-state index contributed by atoms with van der Waals surface area (Å²) < 4.78 is 12.0. The monoisotopic (exact) mass is 422 g/mol. The summed E-state index contributed by atoms with van der Waals surface area (Å²) in [6, 6.07) is 16.3. The molecule has 1 fully saturated rings. The van der Waals surface area contributed by atoms with Gasteiger partial charge < -0.3 is 20.1 Å². The van der Waals surface area contributed by atoms with E-state index >= 15 is 0 Å². The lowest BCUT2D eigenvalue weighted by Gasteiger charge is -2.25. The van der Waals surface area contributed by atoms with Crippen molar-refractivity contribution in [2.45, 2.75) is 18.7 Å². The Labute approximate surface area is 183 Å². The highest BCUT2D eigenvalue weighted by molar-refractivity contribution is 5.87. The lowest BCUT2D eigenvalue weighted by Crippen LogP contribution is -2.36. The van der Waals surface area contributed by atoms with Crippen molar-refractivity contribution in [2.75, 3.05) is 40.0 Å². The SMILES string of the molecule is COc1ccccc1C1CN(CCNC(=O)/C=C/C2CNCN2)Cc2ccccc2O1. The minimum atomic E-state index is -0.156. The maximum Gasteiger partial charge on any atom is 0.243 e. The zero-order valence-corrected chi connectivity index (χ0v) is 17.8. The Hall–Kier alpha value is -2.87. The molecule has 0 spiro atoms. The van der Waals surface area contributed by atoms with Crippen molar-refractivity contribution in [3.63, 3.8) is 0 Å². The Balaban J connectivity index is 1.41. The average Bonchev–Trinajstić information content (AvgIpc) is 3.25. The lowest BCUT2D eigenvalue weighted by molar-refractivity contribution is -0.116. The molecule has 0 aromatic heterocycles. The fourth-order valence-electron chi connectivity index (χ4n) is 3.98. The number of fused-ring (bicyclic) bond motifs is 1. The Morgan fingerprint density at radius 2 is 2.10 bits per heavy atom. The second-order valence-electron chi connectivity index (χ2n) is 7.78. The smallest absolute Gasteiger partial charge is 0.243 e. The highest BCUT2D eigenvalue weighted by Crippen LogP contribution is 2.34. The number of carbonyl (C=O) groups is 1. The van der Waals surface area contributed by atoms with Crippen molar-refractivity contribution < 1.29 is 14.3 Å². The molecule has 2 atom stereocenters. The molecule has 2 aliphatic heterocycles. The van der Waals surface area contributed by atoms with Crippen LogP contribution < -0.4 is 25.4 Å². The molecule has 4 rings (SSSR count). The second kappa shape index (κ2) is 10.4. The molecular weight excluding hydrogens is 392 g/mol. The van der Waals surface area contributed by atoms with Crippen molar-refractivity contribution >= 4 is 5.91 Å². The summed E-state index contributed by atoms with van der Waals surface area (Å²) in [6.45, 7) is 4.40. The van der Waals surface area contributed by atoms with E-state index in [-0.39, 0.29) is 18.1 Å². The molecule has 2 unspecified atom stereocenters. The summed E-state index contributed by atoms with van der Waals surface area (Å²) in [5.74, 6) is 1.65. The van der Waals surface area contributed by atoms with Crippen LogP contribution in [0.2, 0.25) is 0 Å². The van der Waals surface area contributed by atoms with E-state index in [4.69, 9.17) is 9.47 Å². The van der Waals surface area contributed by atoms with Crippen LogP contribution in [-0.4, -0.2) is 56.8 Å². The van der Waals surface area contributed by atoms with Gasteiger partial charge in [0, 0.05) is 62.6 Å². The topological polar surface area (TPSA) is 74.9 Å². The molecule has 0 saturated carbocycles. The maximum absolute atomic E-state index is 12.2. The first-order valence-electron chi connectivity index (χ1n) is 10.7. The molecular formula is C24H30N4O3. The number of hydrogen-bond donors (Lipinski definition) is 3. The minimum absolute atomic E-state index is 0.0681. The molecule has 0 bridgehead atoms. The van der Waals surface area contributed by atoms with Gasteiger partial charge in [0.1, 0.15) is 17.6 Å². The van der Waals surface area contributed by atoms with Gasteiger partial charge in [-0.05, 0) is 12.1 Å². The Bertz CT molecular complexity index is 911.